The number of anilines is 1. The van der Waals surface area contributed by atoms with Gasteiger partial charge in [0.05, 0.1) is 10.6 Å². The molecule has 1 saturated heterocycles. The van der Waals surface area contributed by atoms with E-state index in [0.717, 1.165) is 12.3 Å². The van der Waals surface area contributed by atoms with E-state index in [9.17, 15) is 22.7 Å². The monoisotopic (exact) mass is 433 g/mol. The molecule has 1 aliphatic rings. The smallest absolute Gasteiger partial charge is 0.417 e. The summed E-state index contributed by atoms with van der Waals surface area (Å²) in [4.78, 5) is 7.72. The number of pyridine rings is 1. The Morgan fingerprint density at radius 2 is 1.79 bits per heavy atom. The van der Waals surface area contributed by atoms with Gasteiger partial charge < -0.3 is 14.7 Å². The second kappa shape index (κ2) is 9.15. The molecule has 1 N–H and O–H groups in total. The van der Waals surface area contributed by atoms with Crippen LogP contribution in [0.4, 0.5) is 23.4 Å². The molecule has 5 nitrogen and oxygen atoms in total. The first-order valence-corrected chi connectivity index (χ1v) is 9.36. The Morgan fingerprint density at radius 3 is 2.38 bits per heavy atom. The zero-order valence-electron chi connectivity index (χ0n) is 15.4. The lowest BCUT2D eigenvalue weighted by Crippen LogP contribution is -2.49. The quantitative estimate of drug-likeness (QED) is 0.707. The van der Waals surface area contributed by atoms with Crippen LogP contribution in [0.3, 0.4) is 0 Å². The van der Waals surface area contributed by atoms with Crippen LogP contribution in [-0.2, 0) is 6.18 Å². The number of halogens is 5. The van der Waals surface area contributed by atoms with Crippen molar-refractivity contribution in [2.75, 3.05) is 44.2 Å². The average molecular weight is 434 g/mol. The van der Waals surface area contributed by atoms with Gasteiger partial charge in [-0.3, -0.25) is 4.90 Å². The van der Waals surface area contributed by atoms with Crippen molar-refractivity contribution < 1.29 is 27.4 Å². The van der Waals surface area contributed by atoms with Crippen LogP contribution in [0, 0.1) is 5.82 Å². The van der Waals surface area contributed by atoms with Crippen LogP contribution in [0.5, 0.6) is 5.75 Å². The Labute approximate surface area is 170 Å². The van der Waals surface area contributed by atoms with Crippen LogP contribution in [-0.4, -0.2) is 60.4 Å². The molecule has 1 atom stereocenters. The van der Waals surface area contributed by atoms with Gasteiger partial charge in [-0.25, -0.2) is 9.37 Å². The minimum atomic E-state index is -4.49. The molecule has 3 rings (SSSR count). The number of hydrogen-bond acceptors (Lipinski definition) is 5. The van der Waals surface area contributed by atoms with Crippen molar-refractivity contribution >= 4 is 17.4 Å². The predicted molar refractivity (Wildman–Crippen MR) is 101 cm³/mol. The number of aliphatic hydroxyl groups excluding tert-OH is 1. The minimum Gasteiger partial charge on any atom is -0.491 e. The van der Waals surface area contributed by atoms with Gasteiger partial charge in [-0.2, -0.15) is 13.2 Å². The highest BCUT2D eigenvalue weighted by Crippen LogP contribution is 2.33. The number of benzene rings is 1. The minimum absolute atomic E-state index is 0.0407. The molecule has 0 aliphatic carbocycles. The molecule has 0 saturated carbocycles. The van der Waals surface area contributed by atoms with Gasteiger partial charge in [0, 0.05) is 38.9 Å². The normalized spacial score (nSPS) is 16.7. The van der Waals surface area contributed by atoms with Crippen molar-refractivity contribution in [1.82, 2.24) is 9.88 Å². The number of aromatic nitrogens is 1. The molecule has 1 unspecified atom stereocenters. The van der Waals surface area contributed by atoms with Crippen molar-refractivity contribution in [2.45, 2.75) is 12.3 Å². The number of aliphatic hydroxyl groups is 1. The van der Waals surface area contributed by atoms with Gasteiger partial charge in [-0.1, -0.05) is 11.6 Å². The van der Waals surface area contributed by atoms with E-state index in [1.807, 2.05) is 9.80 Å². The van der Waals surface area contributed by atoms with Crippen molar-refractivity contribution in [3.8, 4) is 5.75 Å². The summed E-state index contributed by atoms with van der Waals surface area (Å²) in [6, 6.07) is 6.42. The molecule has 0 spiro atoms. The molecule has 2 heterocycles. The zero-order chi connectivity index (χ0) is 21.0. The van der Waals surface area contributed by atoms with Gasteiger partial charge in [0.15, 0.2) is 0 Å². The lowest BCUT2D eigenvalue weighted by atomic mass is 10.2. The third kappa shape index (κ3) is 5.94. The van der Waals surface area contributed by atoms with Gasteiger partial charge in [0.25, 0.3) is 0 Å². The van der Waals surface area contributed by atoms with E-state index < -0.39 is 17.8 Å². The second-order valence-electron chi connectivity index (χ2n) is 6.73. The number of alkyl halides is 3. The molecule has 158 valence electrons. The molecule has 29 heavy (non-hydrogen) atoms. The number of piperazine rings is 1. The summed E-state index contributed by atoms with van der Waals surface area (Å²) >= 11 is 6.00. The molecular formula is C19H20ClF4N3O2. The van der Waals surface area contributed by atoms with E-state index in [-0.39, 0.29) is 17.4 Å². The molecule has 2 aromatic rings. The molecule has 1 aliphatic heterocycles. The maximum absolute atomic E-state index is 12.9. The molecule has 1 aromatic carbocycles. The molecule has 10 heteroatoms. The first-order chi connectivity index (χ1) is 13.7. The molecule has 1 fully saturated rings. The van der Waals surface area contributed by atoms with Gasteiger partial charge in [-0.15, -0.1) is 0 Å². The Balaban J connectivity index is 1.47. The van der Waals surface area contributed by atoms with E-state index in [4.69, 9.17) is 16.3 Å². The third-order valence-electron chi connectivity index (χ3n) is 4.55. The van der Waals surface area contributed by atoms with Crippen molar-refractivity contribution in [2.24, 2.45) is 0 Å². The summed E-state index contributed by atoms with van der Waals surface area (Å²) in [5.74, 6) is 0.427. The summed E-state index contributed by atoms with van der Waals surface area (Å²) in [7, 11) is 0. The fourth-order valence-electron chi connectivity index (χ4n) is 3.03. The SMILES string of the molecule is OC(COc1ccc(F)cc1)CN1CCN(c2ncc(C(F)(F)F)cc2Cl)CC1. The van der Waals surface area contributed by atoms with E-state index in [1.54, 1.807) is 0 Å². The lowest BCUT2D eigenvalue weighted by molar-refractivity contribution is -0.137. The Hall–Kier alpha value is -2.10. The van der Waals surface area contributed by atoms with Gasteiger partial charge in [0.2, 0.25) is 0 Å². The standard InChI is InChI=1S/C19H20ClF4N3O2/c20-17-9-13(19(22,23)24)10-25-18(17)27-7-5-26(6-8-27)11-15(28)12-29-16-3-1-14(21)2-4-16/h1-4,9-10,15,28H,5-8,11-12H2. The fraction of sp³-hybridized carbons (Fsp3) is 0.421. The van der Waals surface area contributed by atoms with Crippen molar-refractivity contribution in [1.29, 1.82) is 0 Å². The second-order valence-corrected chi connectivity index (χ2v) is 7.14. The molecule has 1 aromatic heterocycles. The van der Waals surface area contributed by atoms with Crippen LogP contribution >= 0.6 is 11.6 Å². The number of β-amino-alcohol motifs (C(OH)–C–C–N with tert-alkyl or cyclic N) is 1. The van der Waals surface area contributed by atoms with Gasteiger partial charge in [0.1, 0.15) is 30.1 Å². The van der Waals surface area contributed by atoms with Crippen LogP contribution < -0.4 is 9.64 Å². The van der Waals surface area contributed by atoms with Crippen molar-refractivity contribution in [3.63, 3.8) is 0 Å². The first kappa shape index (κ1) is 21.6. The highest BCUT2D eigenvalue weighted by Gasteiger charge is 2.32. The van der Waals surface area contributed by atoms with Crippen LogP contribution in [0.2, 0.25) is 5.02 Å². The topological polar surface area (TPSA) is 48.8 Å². The third-order valence-corrected chi connectivity index (χ3v) is 4.82. The molecule has 0 bridgehead atoms. The summed E-state index contributed by atoms with van der Waals surface area (Å²) in [6.07, 6.45) is -4.44. The van der Waals surface area contributed by atoms with Crippen molar-refractivity contribution in [3.05, 3.63) is 52.9 Å². The van der Waals surface area contributed by atoms with E-state index in [1.165, 1.54) is 24.3 Å². The zero-order valence-corrected chi connectivity index (χ0v) is 16.1. The average Bonchev–Trinajstić information content (AvgIpc) is 2.67. The molecule has 0 radical (unpaired) electrons. The Kier molecular flexibility index (Phi) is 6.81. The van der Waals surface area contributed by atoms with E-state index in [2.05, 4.69) is 4.98 Å². The van der Waals surface area contributed by atoms with E-state index in [0.29, 0.717) is 44.3 Å². The maximum atomic E-state index is 12.9. The fourth-order valence-corrected chi connectivity index (χ4v) is 3.32. The van der Waals surface area contributed by atoms with Crippen LogP contribution in [0.1, 0.15) is 5.56 Å². The summed E-state index contributed by atoms with van der Waals surface area (Å²) < 4.78 is 56.5. The summed E-state index contributed by atoms with van der Waals surface area (Å²) in [5, 5.41) is 10.1. The Morgan fingerprint density at radius 1 is 1.14 bits per heavy atom. The number of rotatable bonds is 6. The summed E-state index contributed by atoms with van der Waals surface area (Å²) in [5.41, 5.74) is -0.880. The van der Waals surface area contributed by atoms with Crippen LogP contribution in [0.15, 0.2) is 36.5 Å². The van der Waals surface area contributed by atoms with Crippen LogP contribution in [0.25, 0.3) is 0 Å². The highest BCUT2D eigenvalue weighted by atomic mass is 35.5. The largest absolute Gasteiger partial charge is 0.491 e. The highest BCUT2D eigenvalue weighted by molar-refractivity contribution is 6.33. The van der Waals surface area contributed by atoms with E-state index >= 15 is 0 Å². The maximum Gasteiger partial charge on any atom is 0.417 e. The van der Waals surface area contributed by atoms with Gasteiger partial charge >= 0.3 is 6.18 Å². The molecular weight excluding hydrogens is 414 g/mol. The number of ether oxygens (including phenoxy) is 1. The Bertz CT molecular complexity index is 812. The number of hydrogen-bond donors (Lipinski definition) is 1. The molecule has 0 amide bonds. The predicted octanol–water partition coefficient (Wildman–Crippen LogP) is 3.45. The van der Waals surface area contributed by atoms with Gasteiger partial charge in [-0.05, 0) is 30.3 Å². The first-order valence-electron chi connectivity index (χ1n) is 8.99. The number of nitrogens with zero attached hydrogens (tertiary/aromatic N) is 3. The summed E-state index contributed by atoms with van der Waals surface area (Å²) in [6.45, 7) is 2.66. The lowest BCUT2D eigenvalue weighted by Gasteiger charge is -2.36.